The lowest BCUT2D eigenvalue weighted by Gasteiger charge is -2.08. The van der Waals surface area contributed by atoms with E-state index in [0.29, 0.717) is 6.42 Å². The minimum atomic E-state index is -0.630. The first-order valence-electron chi connectivity index (χ1n) is 4.38. The highest BCUT2D eigenvalue weighted by Gasteiger charge is 2.14. The molecule has 0 amide bonds. The van der Waals surface area contributed by atoms with Crippen molar-refractivity contribution in [2.24, 2.45) is 5.73 Å². The molecule has 1 rings (SSSR count). The highest BCUT2D eigenvalue weighted by molar-refractivity contribution is 5.75. The minimum absolute atomic E-state index is 0.409. The van der Waals surface area contributed by atoms with Gasteiger partial charge < -0.3 is 10.5 Å². The van der Waals surface area contributed by atoms with Crippen LogP contribution >= 0.6 is 0 Å². The van der Waals surface area contributed by atoms with Crippen molar-refractivity contribution in [2.45, 2.75) is 19.4 Å². The molecule has 14 heavy (non-hydrogen) atoms. The number of aromatic nitrogens is 1. The van der Waals surface area contributed by atoms with E-state index in [1.165, 1.54) is 7.11 Å². The molecule has 0 aliphatic heterocycles. The highest BCUT2D eigenvalue weighted by atomic mass is 16.5. The number of rotatable bonds is 3. The fourth-order valence-corrected chi connectivity index (χ4v) is 1.17. The molecule has 1 atom stereocenters. The van der Waals surface area contributed by atoms with Crippen molar-refractivity contribution >= 4 is 5.97 Å². The number of ether oxygens (including phenoxy) is 1. The number of nitrogens with zero attached hydrogens (tertiary/aromatic N) is 1. The topological polar surface area (TPSA) is 65.2 Å². The summed E-state index contributed by atoms with van der Waals surface area (Å²) in [7, 11) is 1.33. The van der Waals surface area contributed by atoms with E-state index in [1.807, 2.05) is 19.1 Å². The Hall–Kier alpha value is -1.42. The van der Waals surface area contributed by atoms with E-state index in [9.17, 15) is 4.79 Å². The zero-order chi connectivity index (χ0) is 10.6. The summed E-state index contributed by atoms with van der Waals surface area (Å²) in [4.78, 5) is 15.1. The van der Waals surface area contributed by atoms with Gasteiger partial charge in [0, 0.05) is 18.3 Å². The molecule has 0 fully saturated rings. The molecule has 0 aromatic carbocycles. The first-order chi connectivity index (χ1) is 6.63. The Balaban J connectivity index is 2.64. The van der Waals surface area contributed by atoms with Gasteiger partial charge in [0.1, 0.15) is 6.04 Å². The van der Waals surface area contributed by atoms with Gasteiger partial charge in [-0.05, 0) is 24.6 Å². The molecule has 1 heterocycles. The average molecular weight is 194 g/mol. The molecule has 1 aromatic rings. The second-order valence-electron chi connectivity index (χ2n) is 3.16. The van der Waals surface area contributed by atoms with E-state index in [4.69, 9.17) is 5.73 Å². The molecular weight excluding hydrogens is 180 g/mol. The third kappa shape index (κ3) is 2.81. The van der Waals surface area contributed by atoms with Gasteiger partial charge in [-0.25, -0.2) is 0 Å². The van der Waals surface area contributed by atoms with Gasteiger partial charge in [-0.2, -0.15) is 0 Å². The predicted octanol–water partition coefficient (Wildman–Crippen LogP) is 0.433. The van der Waals surface area contributed by atoms with Crippen LogP contribution in [-0.4, -0.2) is 24.1 Å². The Morgan fingerprint density at radius 1 is 1.71 bits per heavy atom. The lowest BCUT2D eigenvalue weighted by atomic mass is 10.1. The van der Waals surface area contributed by atoms with Crippen molar-refractivity contribution in [3.05, 3.63) is 29.6 Å². The van der Waals surface area contributed by atoms with Crippen molar-refractivity contribution in [3.8, 4) is 0 Å². The summed E-state index contributed by atoms with van der Waals surface area (Å²) in [6.07, 6.45) is 2.11. The third-order valence-electron chi connectivity index (χ3n) is 1.91. The van der Waals surface area contributed by atoms with Gasteiger partial charge in [0.15, 0.2) is 0 Å². The summed E-state index contributed by atoms with van der Waals surface area (Å²) in [5, 5.41) is 0. The normalized spacial score (nSPS) is 12.2. The molecule has 1 aromatic heterocycles. The number of esters is 1. The zero-order valence-electron chi connectivity index (χ0n) is 8.36. The van der Waals surface area contributed by atoms with Crippen molar-refractivity contribution in [2.75, 3.05) is 7.11 Å². The Labute approximate surface area is 83.1 Å². The van der Waals surface area contributed by atoms with Crippen molar-refractivity contribution < 1.29 is 9.53 Å². The molecule has 0 unspecified atom stereocenters. The number of methoxy groups -OCH3 is 1. The molecule has 4 nitrogen and oxygen atoms in total. The SMILES string of the molecule is COC(=O)[C@@H](N)Cc1cc(C)ccn1. The third-order valence-corrected chi connectivity index (χ3v) is 1.91. The number of hydrogen-bond donors (Lipinski definition) is 1. The van der Waals surface area contributed by atoms with Gasteiger partial charge in [0.05, 0.1) is 7.11 Å². The first-order valence-corrected chi connectivity index (χ1v) is 4.38. The maximum atomic E-state index is 11.0. The predicted molar refractivity (Wildman–Crippen MR) is 52.7 cm³/mol. The van der Waals surface area contributed by atoms with Crippen LogP contribution in [0.1, 0.15) is 11.3 Å². The van der Waals surface area contributed by atoms with E-state index < -0.39 is 12.0 Å². The average Bonchev–Trinajstić information content (AvgIpc) is 2.16. The molecule has 0 radical (unpaired) electrons. The Kier molecular flexibility index (Phi) is 3.59. The molecular formula is C10H14N2O2. The fraction of sp³-hybridized carbons (Fsp3) is 0.400. The maximum Gasteiger partial charge on any atom is 0.323 e. The van der Waals surface area contributed by atoms with Crippen LogP contribution in [0.3, 0.4) is 0 Å². The maximum absolute atomic E-state index is 11.0. The highest BCUT2D eigenvalue weighted by Crippen LogP contribution is 2.02. The van der Waals surface area contributed by atoms with Crippen LogP contribution in [0, 0.1) is 6.92 Å². The van der Waals surface area contributed by atoms with Crippen LogP contribution in [0.15, 0.2) is 18.3 Å². The number of nitrogens with two attached hydrogens (primary N) is 1. The zero-order valence-corrected chi connectivity index (χ0v) is 8.36. The van der Waals surface area contributed by atoms with Crippen LogP contribution in [0.25, 0.3) is 0 Å². The van der Waals surface area contributed by atoms with Gasteiger partial charge in [-0.3, -0.25) is 9.78 Å². The summed E-state index contributed by atoms with van der Waals surface area (Å²) in [6.45, 7) is 1.97. The Morgan fingerprint density at radius 3 is 3.00 bits per heavy atom. The first kappa shape index (κ1) is 10.7. The lowest BCUT2D eigenvalue weighted by Crippen LogP contribution is -2.33. The van der Waals surface area contributed by atoms with Gasteiger partial charge in [0.25, 0.3) is 0 Å². The van der Waals surface area contributed by atoms with Gasteiger partial charge in [-0.1, -0.05) is 0 Å². The Bertz CT molecular complexity index is 326. The molecule has 0 aliphatic rings. The lowest BCUT2D eigenvalue weighted by molar-refractivity contribution is -0.142. The quantitative estimate of drug-likeness (QED) is 0.709. The van der Waals surface area contributed by atoms with Crippen LogP contribution in [0.4, 0.5) is 0 Å². The molecule has 0 saturated heterocycles. The van der Waals surface area contributed by atoms with Gasteiger partial charge in [-0.15, -0.1) is 0 Å². The van der Waals surface area contributed by atoms with E-state index >= 15 is 0 Å². The van der Waals surface area contributed by atoms with Crippen molar-refractivity contribution in [1.29, 1.82) is 0 Å². The number of aryl methyl sites for hydroxylation is 1. The van der Waals surface area contributed by atoms with E-state index in [1.54, 1.807) is 6.20 Å². The van der Waals surface area contributed by atoms with Crippen LogP contribution < -0.4 is 5.73 Å². The van der Waals surface area contributed by atoms with E-state index in [-0.39, 0.29) is 0 Å². The second-order valence-corrected chi connectivity index (χ2v) is 3.16. The molecule has 76 valence electrons. The second kappa shape index (κ2) is 4.72. The van der Waals surface area contributed by atoms with Crippen molar-refractivity contribution in [3.63, 3.8) is 0 Å². The molecule has 4 heteroatoms. The summed E-state index contributed by atoms with van der Waals surface area (Å²) >= 11 is 0. The van der Waals surface area contributed by atoms with Gasteiger partial charge >= 0.3 is 5.97 Å². The number of carbonyl (C=O) groups is 1. The molecule has 0 aliphatic carbocycles. The molecule has 2 N–H and O–H groups in total. The summed E-state index contributed by atoms with van der Waals surface area (Å²) in [5.74, 6) is -0.409. The van der Waals surface area contributed by atoms with Gasteiger partial charge in [0.2, 0.25) is 0 Å². The molecule has 0 spiro atoms. The van der Waals surface area contributed by atoms with Crippen LogP contribution in [0.5, 0.6) is 0 Å². The standard InChI is InChI=1S/C10H14N2O2/c1-7-3-4-12-8(5-7)6-9(11)10(13)14-2/h3-5,9H,6,11H2,1-2H3/t9-/m0/s1. The Morgan fingerprint density at radius 2 is 2.43 bits per heavy atom. The monoisotopic (exact) mass is 194 g/mol. The number of hydrogen-bond acceptors (Lipinski definition) is 4. The molecule has 0 bridgehead atoms. The number of pyridine rings is 1. The van der Waals surface area contributed by atoms with Crippen LogP contribution in [-0.2, 0) is 16.0 Å². The minimum Gasteiger partial charge on any atom is -0.468 e. The van der Waals surface area contributed by atoms with Crippen LogP contribution in [0.2, 0.25) is 0 Å². The number of carbonyl (C=O) groups excluding carboxylic acids is 1. The van der Waals surface area contributed by atoms with E-state index in [2.05, 4.69) is 9.72 Å². The smallest absolute Gasteiger partial charge is 0.323 e. The van der Waals surface area contributed by atoms with E-state index in [0.717, 1.165) is 11.3 Å². The largest absolute Gasteiger partial charge is 0.468 e. The summed E-state index contributed by atoms with van der Waals surface area (Å²) in [5.41, 5.74) is 7.51. The fourth-order valence-electron chi connectivity index (χ4n) is 1.17. The van der Waals surface area contributed by atoms with Crippen molar-refractivity contribution in [1.82, 2.24) is 4.98 Å². The summed E-state index contributed by atoms with van der Waals surface area (Å²) in [6, 6.07) is 3.17. The molecule has 0 saturated carbocycles. The summed E-state index contributed by atoms with van der Waals surface area (Å²) < 4.78 is 4.52.